The molecule has 1 heterocycles. The van der Waals surface area contributed by atoms with Crippen molar-refractivity contribution in [2.24, 2.45) is 5.73 Å². The lowest BCUT2D eigenvalue weighted by molar-refractivity contribution is -0.124. The monoisotopic (exact) mass is 399 g/mol. The topological polar surface area (TPSA) is 77.2 Å². The number of nitrogens with zero attached hydrogens (tertiary/aromatic N) is 1. The average molecular weight is 400 g/mol. The molecule has 0 spiro atoms. The van der Waals surface area contributed by atoms with Crippen molar-refractivity contribution >= 4 is 29.7 Å². The van der Waals surface area contributed by atoms with E-state index in [9.17, 15) is 9.18 Å². The molecule has 1 aromatic carbocycles. The minimum atomic E-state index is -0.265. The molecule has 1 aliphatic rings. The van der Waals surface area contributed by atoms with Crippen LogP contribution in [0.2, 0.25) is 0 Å². The van der Waals surface area contributed by atoms with Gasteiger partial charge in [0.2, 0.25) is 5.91 Å². The van der Waals surface area contributed by atoms with E-state index in [4.69, 9.17) is 15.5 Å². The highest BCUT2D eigenvalue weighted by atomic mass is 35.5. The van der Waals surface area contributed by atoms with E-state index in [1.807, 2.05) is 0 Å². The van der Waals surface area contributed by atoms with E-state index < -0.39 is 0 Å². The molecule has 3 N–H and O–H groups in total. The minimum absolute atomic E-state index is 0. The number of thiazole rings is 1. The molecule has 8 heteroatoms. The predicted octanol–water partition coefficient (Wildman–Crippen LogP) is 3.23. The van der Waals surface area contributed by atoms with Gasteiger partial charge in [-0.25, -0.2) is 9.37 Å². The summed E-state index contributed by atoms with van der Waals surface area (Å²) in [5.74, 6) is -0.324. The van der Waals surface area contributed by atoms with Gasteiger partial charge in [-0.3, -0.25) is 4.79 Å². The number of nitrogens with one attached hydrogen (secondary N) is 1. The Hall–Kier alpha value is -1.54. The van der Waals surface area contributed by atoms with Crippen molar-refractivity contribution in [3.63, 3.8) is 0 Å². The number of halogens is 2. The molecule has 1 aliphatic carbocycles. The SMILES string of the molecule is COC(CN)CC(=O)NC1CCCc2nc(-c3ccc(F)cc3)sc21.Cl. The first-order valence-corrected chi connectivity index (χ1v) is 9.20. The van der Waals surface area contributed by atoms with Gasteiger partial charge in [0.05, 0.1) is 29.1 Å². The van der Waals surface area contributed by atoms with Crippen molar-refractivity contribution in [1.82, 2.24) is 10.3 Å². The smallest absolute Gasteiger partial charge is 0.223 e. The maximum Gasteiger partial charge on any atom is 0.223 e. The molecule has 0 radical (unpaired) electrons. The van der Waals surface area contributed by atoms with Crippen LogP contribution in [0.25, 0.3) is 10.6 Å². The highest BCUT2D eigenvalue weighted by Gasteiger charge is 2.27. The van der Waals surface area contributed by atoms with Crippen LogP contribution in [0.5, 0.6) is 0 Å². The molecule has 1 aromatic heterocycles. The van der Waals surface area contributed by atoms with Crippen molar-refractivity contribution in [2.75, 3.05) is 13.7 Å². The molecule has 0 fully saturated rings. The van der Waals surface area contributed by atoms with Crippen molar-refractivity contribution in [2.45, 2.75) is 37.8 Å². The highest BCUT2D eigenvalue weighted by molar-refractivity contribution is 7.15. The summed E-state index contributed by atoms with van der Waals surface area (Å²) >= 11 is 1.57. The molecule has 1 amide bonds. The van der Waals surface area contributed by atoms with Crippen LogP contribution in [-0.4, -0.2) is 30.6 Å². The number of rotatable bonds is 6. The lowest BCUT2D eigenvalue weighted by Crippen LogP contribution is -2.35. The van der Waals surface area contributed by atoms with Crippen LogP contribution in [0.1, 0.15) is 35.9 Å². The molecule has 0 saturated heterocycles. The summed E-state index contributed by atoms with van der Waals surface area (Å²) in [6.07, 6.45) is 2.77. The molecule has 26 heavy (non-hydrogen) atoms. The molecule has 0 saturated carbocycles. The molecular formula is C18H23ClFN3O2S. The second-order valence-corrected chi connectivity index (χ2v) is 7.18. The maximum atomic E-state index is 13.1. The third kappa shape index (κ3) is 4.79. The maximum absolute atomic E-state index is 13.1. The van der Waals surface area contributed by atoms with Crippen molar-refractivity contribution in [1.29, 1.82) is 0 Å². The third-order valence-corrected chi connectivity index (χ3v) is 5.65. The largest absolute Gasteiger partial charge is 0.380 e. The zero-order valence-corrected chi connectivity index (χ0v) is 16.2. The third-order valence-electron chi connectivity index (χ3n) is 4.39. The second kappa shape index (κ2) is 9.41. The van der Waals surface area contributed by atoms with Gasteiger partial charge in [-0.15, -0.1) is 23.7 Å². The number of fused-ring (bicyclic) bond motifs is 1. The van der Waals surface area contributed by atoms with E-state index in [1.54, 1.807) is 30.6 Å². The highest BCUT2D eigenvalue weighted by Crippen LogP contribution is 2.38. The number of hydrogen-bond donors (Lipinski definition) is 2. The zero-order chi connectivity index (χ0) is 17.8. The number of hydrogen-bond acceptors (Lipinski definition) is 5. The van der Waals surface area contributed by atoms with Gasteiger partial charge in [0.1, 0.15) is 10.8 Å². The summed E-state index contributed by atoms with van der Waals surface area (Å²) in [4.78, 5) is 18.1. The number of benzene rings is 1. The fourth-order valence-corrected chi connectivity index (χ4v) is 4.20. The average Bonchev–Trinajstić information content (AvgIpc) is 3.05. The van der Waals surface area contributed by atoms with Gasteiger partial charge in [0.25, 0.3) is 0 Å². The Morgan fingerprint density at radius 2 is 2.19 bits per heavy atom. The Kier molecular flexibility index (Phi) is 7.52. The molecule has 3 rings (SSSR count). The normalized spacial score (nSPS) is 17.1. The molecule has 0 aliphatic heterocycles. The Morgan fingerprint density at radius 1 is 1.46 bits per heavy atom. The van der Waals surface area contributed by atoms with Crippen LogP contribution in [0.4, 0.5) is 4.39 Å². The van der Waals surface area contributed by atoms with Gasteiger partial charge in [-0.05, 0) is 43.5 Å². The van der Waals surface area contributed by atoms with Gasteiger partial charge in [-0.1, -0.05) is 0 Å². The van der Waals surface area contributed by atoms with E-state index in [0.717, 1.165) is 40.4 Å². The number of amides is 1. The second-order valence-electron chi connectivity index (χ2n) is 6.15. The van der Waals surface area contributed by atoms with E-state index in [1.165, 1.54) is 12.1 Å². The number of aryl methyl sites for hydroxylation is 1. The first-order valence-electron chi connectivity index (χ1n) is 8.38. The molecule has 2 unspecified atom stereocenters. The molecule has 0 bridgehead atoms. The molecule has 2 aromatic rings. The summed E-state index contributed by atoms with van der Waals surface area (Å²) in [6, 6.07) is 6.31. The standard InChI is InChI=1S/C18H22FN3O2S.ClH/c1-24-13(10-20)9-16(23)21-14-3-2-4-15-17(14)25-18(22-15)11-5-7-12(19)8-6-11;/h5-8,13-14H,2-4,9-10,20H2,1H3,(H,21,23);1H. The fraction of sp³-hybridized carbons (Fsp3) is 0.444. The van der Waals surface area contributed by atoms with Gasteiger partial charge < -0.3 is 15.8 Å². The first-order chi connectivity index (χ1) is 12.1. The molecule has 5 nitrogen and oxygen atoms in total. The number of carbonyl (C=O) groups is 1. The number of ether oxygens (including phenoxy) is 1. The van der Waals surface area contributed by atoms with Crippen molar-refractivity contribution in [3.8, 4) is 10.6 Å². The lowest BCUT2D eigenvalue weighted by atomic mass is 9.98. The van der Waals surface area contributed by atoms with Gasteiger partial charge in [0, 0.05) is 19.2 Å². The van der Waals surface area contributed by atoms with Crippen molar-refractivity contribution in [3.05, 3.63) is 40.7 Å². The molecule has 142 valence electrons. The van der Waals surface area contributed by atoms with Crippen LogP contribution >= 0.6 is 23.7 Å². The fourth-order valence-electron chi connectivity index (χ4n) is 3.00. The number of carbonyl (C=O) groups excluding carboxylic acids is 1. The van der Waals surface area contributed by atoms with Gasteiger partial charge in [-0.2, -0.15) is 0 Å². The van der Waals surface area contributed by atoms with Crippen LogP contribution in [-0.2, 0) is 16.0 Å². The van der Waals surface area contributed by atoms with Crippen molar-refractivity contribution < 1.29 is 13.9 Å². The van der Waals surface area contributed by atoms with E-state index in [2.05, 4.69) is 5.32 Å². The Labute approximate surface area is 162 Å². The summed E-state index contributed by atoms with van der Waals surface area (Å²) < 4.78 is 18.3. The van der Waals surface area contributed by atoms with Gasteiger partial charge in [0.15, 0.2) is 0 Å². The number of aromatic nitrogens is 1. The van der Waals surface area contributed by atoms with E-state index in [-0.39, 0.29) is 42.7 Å². The van der Waals surface area contributed by atoms with Crippen LogP contribution in [0, 0.1) is 5.82 Å². The van der Waals surface area contributed by atoms with E-state index in [0.29, 0.717) is 6.54 Å². The molecule has 2 atom stereocenters. The Morgan fingerprint density at radius 3 is 2.85 bits per heavy atom. The summed E-state index contributed by atoms with van der Waals surface area (Å²) in [6.45, 7) is 0.315. The van der Waals surface area contributed by atoms with Crippen LogP contribution in [0.15, 0.2) is 24.3 Å². The zero-order valence-electron chi connectivity index (χ0n) is 14.5. The van der Waals surface area contributed by atoms with Crippen LogP contribution in [0.3, 0.4) is 0 Å². The minimum Gasteiger partial charge on any atom is -0.380 e. The van der Waals surface area contributed by atoms with E-state index >= 15 is 0 Å². The summed E-state index contributed by atoms with van der Waals surface area (Å²) in [5, 5.41) is 3.95. The lowest BCUT2D eigenvalue weighted by Gasteiger charge is -2.23. The quantitative estimate of drug-likeness (QED) is 0.781. The Bertz CT molecular complexity index is 735. The number of nitrogens with two attached hydrogens (primary N) is 1. The predicted molar refractivity (Wildman–Crippen MR) is 103 cm³/mol. The summed E-state index contributed by atoms with van der Waals surface area (Å²) in [5.41, 5.74) is 7.51. The number of methoxy groups -OCH3 is 1. The van der Waals surface area contributed by atoms with Crippen LogP contribution < -0.4 is 11.1 Å². The van der Waals surface area contributed by atoms with Gasteiger partial charge >= 0.3 is 0 Å². The first kappa shape index (κ1) is 20.8. The summed E-state index contributed by atoms with van der Waals surface area (Å²) in [7, 11) is 1.56. The molecular weight excluding hydrogens is 377 g/mol. The Balaban J connectivity index is 0.00000243.